The third-order valence-electron chi connectivity index (χ3n) is 7.33. The molecule has 0 unspecified atom stereocenters. The third-order valence-corrected chi connectivity index (χ3v) is 42.8. The molecule has 0 atom stereocenters. The van der Waals surface area contributed by atoms with E-state index in [9.17, 15) is 0 Å². The summed E-state index contributed by atoms with van der Waals surface area (Å²) in [6, 6.07) is 0. The highest BCUT2D eigenvalue weighted by Gasteiger charge is 2.69. The van der Waals surface area contributed by atoms with Crippen LogP contribution in [0, 0.1) is 0 Å². The van der Waals surface area contributed by atoms with Crippen LogP contribution in [0.15, 0.2) is 48.6 Å². The van der Waals surface area contributed by atoms with Crippen LogP contribution in [0.25, 0.3) is 0 Å². The van der Waals surface area contributed by atoms with Gasteiger partial charge in [-0.3, -0.25) is 0 Å². The first-order valence-corrected chi connectivity index (χ1v) is 22.0. The lowest BCUT2D eigenvalue weighted by molar-refractivity contribution is 0.612. The van der Waals surface area contributed by atoms with Crippen molar-refractivity contribution in [1.82, 2.24) is 4.57 Å². The van der Waals surface area contributed by atoms with Crippen LogP contribution in [0.5, 0.6) is 0 Å². The standard InChI is InChI=1S/C11H30NSi3.2C5H5.Al/c1-12(2)15(9,10)11(13(3,4)5)14(6,7)8;2*1-2-4-5-3-1;/h1-10H3;2*1-5H;. The minimum absolute atomic E-state index is 0.615. The van der Waals surface area contributed by atoms with Gasteiger partial charge < -0.3 is 4.57 Å². The van der Waals surface area contributed by atoms with Crippen molar-refractivity contribution in [2.75, 3.05) is 14.1 Å². The number of allylic oxidation sites excluding steroid dienone is 8. The lowest BCUT2D eigenvalue weighted by Crippen LogP contribution is -2.77. The van der Waals surface area contributed by atoms with E-state index in [-0.39, 0.29) is 0 Å². The Kier molecular flexibility index (Phi) is 6.46. The van der Waals surface area contributed by atoms with E-state index in [2.05, 4.69) is 120 Å². The van der Waals surface area contributed by atoms with Gasteiger partial charge in [0.2, 0.25) is 0 Å². The van der Waals surface area contributed by atoms with Crippen molar-refractivity contribution < 1.29 is 0 Å². The van der Waals surface area contributed by atoms with E-state index in [0.29, 0.717) is 12.7 Å². The fourth-order valence-electron chi connectivity index (χ4n) is 6.93. The molecule has 0 N–H and O–H groups in total. The zero-order valence-electron chi connectivity index (χ0n) is 18.8. The predicted molar refractivity (Wildman–Crippen MR) is 130 cm³/mol. The Labute approximate surface area is 170 Å². The van der Waals surface area contributed by atoms with Gasteiger partial charge in [-0.15, -0.1) is 0 Å². The summed E-state index contributed by atoms with van der Waals surface area (Å²) in [6.07, 6.45) is 19.5. The first kappa shape index (κ1) is 22.4. The Hall–Kier alpha value is 0.103. The van der Waals surface area contributed by atoms with Crippen LogP contribution < -0.4 is 0 Å². The molecule has 0 spiro atoms. The molecular weight excluding hydrogens is 377 g/mol. The van der Waals surface area contributed by atoms with E-state index < -0.39 is 38.5 Å². The lowest BCUT2D eigenvalue weighted by atomic mass is 10.4. The predicted octanol–water partition coefficient (Wildman–Crippen LogP) is 6.27. The molecule has 0 heterocycles. The molecule has 0 aromatic heterocycles. The van der Waals surface area contributed by atoms with Gasteiger partial charge in [-0.05, 0) is 23.7 Å². The van der Waals surface area contributed by atoms with E-state index in [1.54, 1.807) is 0 Å². The minimum atomic E-state index is -1.65. The molecule has 0 amide bonds. The van der Waals surface area contributed by atoms with Crippen LogP contribution in [0.1, 0.15) is 0 Å². The Bertz CT molecular complexity index is 567. The van der Waals surface area contributed by atoms with Gasteiger partial charge >= 0.3 is 0 Å². The molecule has 144 valence electrons. The molecule has 2 aliphatic rings. The number of rotatable bonds is 7. The van der Waals surface area contributed by atoms with Gasteiger partial charge in [0.25, 0.3) is 14.1 Å². The normalized spacial score (nSPS) is 19.3. The molecule has 0 saturated carbocycles. The third kappa shape index (κ3) is 3.45. The summed E-state index contributed by atoms with van der Waals surface area (Å²) < 4.78 is 4.73. The van der Waals surface area contributed by atoms with Crippen molar-refractivity contribution in [2.45, 2.75) is 65.1 Å². The summed E-state index contributed by atoms with van der Waals surface area (Å²) in [5.41, 5.74) is 0. The maximum atomic E-state index is 2.70. The van der Waals surface area contributed by atoms with Crippen molar-refractivity contribution in [3.8, 4) is 0 Å². The van der Waals surface area contributed by atoms with Gasteiger partial charge in [0.05, 0.1) is 0 Å². The van der Waals surface area contributed by atoms with Gasteiger partial charge in [0, 0.05) is 16.1 Å². The Morgan fingerprint density at radius 3 is 1.19 bits per heavy atom. The zero-order valence-corrected chi connectivity index (χ0v) is 23.0. The quantitative estimate of drug-likeness (QED) is 0.441. The first-order valence-electron chi connectivity index (χ1n) is 10.2. The van der Waals surface area contributed by atoms with Crippen LogP contribution >= 0.6 is 0 Å². The largest absolute Gasteiger partial charge is 0.330 e. The fourth-order valence-corrected chi connectivity index (χ4v) is 51.3. The Morgan fingerprint density at radius 2 is 0.962 bits per heavy atom. The van der Waals surface area contributed by atoms with Crippen LogP contribution in [-0.4, -0.2) is 57.2 Å². The van der Waals surface area contributed by atoms with E-state index in [1.165, 1.54) is 0 Å². The highest BCUT2D eigenvalue weighted by atomic mass is 28.5. The number of hydrogen-bond acceptors (Lipinski definition) is 1. The highest BCUT2D eigenvalue weighted by Crippen LogP contribution is 2.61. The molecule has 0 fully saturated rings. The summed E-state index contributed by atoms with van der Waals surface area (Å²) in [5, 5.41) is 0. The molecule has 0 saturated heterocycles. The Balaban J connectivity index is 2.86. The number of nitrogens with zero attached hydrogens (tertiary/aromatic N) is 1. The molecule has 0 radical (unpaired) electrons. The van der Waals surface area contributed by atoms with Crippen molar-refractivity contribution in [3.63, 3.8) is 0 Å². The van der Waals surface area contributed by atoms with Gasteiger partial charge in [0.15, 0.2) is 0 Å². The van der Waals surface area contributed by atoms with Gasteiger partial charge in [-0.25, -0.2) is 0 Å². The van der Waals surface area contributed by atoms with E-state index >= 15 is 0 Å². The van der Waals surface area contributed by atoms with Crippen molar-refractivity contribution >= 4 is 38.5 Å². The second-order valence-electron chi connectivity index (χ2n) is 11.0. The van der Waals surface area contributed by atoms with Gasteiger partial charge in [-0.2, -0.15) is 0 Å². The van der Waals surface area contributed by atoms with E-state index in [0.717, 1.165) is 0 Å². The molecule has 2 rings (SSSR count). The zero-order chi connectivity index (χ0) is 20.0. The topological polar surface area (TPSA) is 3.24 Å². The molecule has 26 heavy (non-hydrogen) atoms. The van der Waals surface area contributed by atoms with Crippen LogP contribution in [-0.2, 0) is 0 Å². The molecule has 5 heteroatoms. The molecule has 1 nitrogen and oxygen atoms in total. The molecular formula is C21H40AlNSi3. The molecule has 0 bridgehead atoms. The van der Waals surface area contributed by atoms with Crippen molar-refractivity contribution in [2.24, 2.45) is 0 Å². The van der Waals surface area contributed by atoms with E-state index in [4.69, 9.17) is 0 Å². The maximum absolute atomic E-state index is 2.70. The van der Waals surface area contributed by atoms with Crippen LogP contribution in [0.3, 0.4) is 0 Å². The Morgan fingerprint density at radius 1 is 0.654 bits per heavy atom. The number of hydrogen-bond donors (Lipinski definition) is 0. The average molecular weight is 418 g/mol. The van der Waals surface area contributed by atoms with Crippen LogP contribution in [0.4, 0.5) is 0 Å². The summed E-state index contributed by atoms with van der Waals surface area (Å²) >= 11 is -1.22. The second-order valence-corrected chi connectivity index (χ2v) is 33.0. The second kappa shape index (κ2) is 7.50. The minimum Gasteiger partial charge on any atom is -0.330 e. The van der Waals surface area contributed by atoms with Gasteiger partial charge in [0.1, 0.15) is 8.24 Å². The maximum Gasteiger partial charge on any atom is 0.289 e. The summed E-state index contributed by atoms with van der Waals surface area (Å²) in [7, 11) is 0.197. The molecule has 0 aliphatic heterocycles. The summed E-state index contributed by atoms with van der Waals surface area (Å²) in [4.78, 5) is 0. The van der Waals surface area contributed by atoms with Crippen LogP contribution in [0.2, 0.25) is 65.1 Å². The summed E-state index contributed by atoms with van der Waals surface area (Å²) in [6.45, 7) is 21.6. The van der Waals surface area contributed by atoms with E-state index in [1.807, 2.05) is 0 Å². The lowest BCUT2D eigenvalue weighted by Gasteiger charge is -2.66. The first-order chi connectivity index (χ1) is 11.8. The monoisotopic (exact) mass is 417 g/mol. The van der Waals surface area contributed by atoms with Crippen molar-refractivity contribution in [1.29, 1.82) is 0 Å². The van der Waals surface area contributed by atoms with Gasteiger partial charge in [-0.1, -0.05) is 104 Å². The highest BCUT2D eigenvalue weighted by molar-refractivity contribution is 7.26. The average Bonchev–Trinajstić information content (AvgIpc) is 3.14. The fraction of sp³-hybridized carbons (Fsp3) is 0.619. The summed E-state index contributed by atoms with van der Waals surface area (Å²) in [5.74, 6) is 0. The molecule has 2 aliphatic carbocycles. The molecule has 0 aromatic carbocycles. The smallest absolute Gasteiger partial charge is 0.289 e. The SMILES string of the molecule is CN(C)[Si](C)(C)[C]([Al]([CH]1C=CC=C1)[CH]1C=CC=C1)([Si](C)(C)C)[Si](C)(C)C. The molecule has 0 aromatic rings. The van der Waals surface area contributed by atoms with Crippen molar-refractivity contribution in [3.05, 3.63) is 48.6 Å².